The molecule has 0 spiro atoms. The zero-order valence-corrected chi connectivity index (χ0v) is 24.3. The second-order valence-corrected chi connectivity index (χ2v) is 11.4. The van der Waals surface area contributed by atoms with Crippen molar-refractivity contribution in [3.05, 3.63) is 53.2 Å². The molecule has 3 atom stereocenters. The van der Waals surface area contributed by atoms with E-state index in [1.807, 2.05) is 16.8 Å². The number of fused-ring (bicyclic) bond motifs is 1. The van der Waals surface area contributed by atoms with Crippen molar-refractivity contribution in [3.63, 3.8) is 0 Å². The van der Waals surface area contributed by atoms with Crippen LogP contribution in [-0.2, 0) is 23.9 Å². The molecule has 10 nitrogen and oxygen atoms in total. The van der Waals surface area contributed by atoms with Crippen LogP contribution in [-0.4, -0.2) is 95.3 Å². The molecule has 0 radical (unpaired) electrons. The number of amides is 1. The van der Waals surface area contributed by atoms with E-state index in [-0.39, 0.29) is 54.8 Å². The van der Waals surface area contributed by atoms with Crippen LogP contribution in [0.3, 0.4) is 0 Å². The molecule has 13 heteroatoms. The Morgan fingerprint density at radius 2 is 2.00 bits per heavy atom. The molecule has 5 rings (SSSR count). The summed E-state index contributed by atoms with van der Waals surface area (Å²) in [4.78, 5) is 29.3. The Labute approximate surface area is 249 Å². The molecule has 1 amide bonds. The second kappa shape index (κ2) is 12.4. The van der Waals surface area contributed by atoms with E-state index in [2.05, 4.69) is 17.6 Å². The number of benzene rings is 1. The van der Waals surface area contributed by atoms with Crippen molar-refractivity contribution < 1.29 is 27.8 Å². The van der Waals surface area contributed by atoms with Crippen LogP contribution < -0.4 is 14.5 Å². The van der Waals surface area contributed by atoms with Gasteiger partial charge in [0.05, 0.1) is 42.4 Å². The molecule has 3 aliphatic rings. The van der Waals surface area contributed by atoms with E-state index in [4.69, 9.17) is 9.72 Å². The van der Waals surface area contributed by atoms with Crippen molar-refractivity contribution >= 4 is 17.4 Å². The Bertz CT molecular complexity index is 1410. The third-order valence-corrected chi connectivity index (χ3v) is 8.54. The van der Waals surface area contributed by atoms with E-state index in [1.54, 1.807) is 15.9 Å². The topological polar surface area (TPSA) is 109 Å². The van der Waals surface area contributed by atoms with Gasteiger partial charge in [-0.2, -0.15) is 28.4 Å². The molecule has 0 aliphatic carbocycles. The summed E-state index contributed by atoms with van der Waals surface area (Å²) in [5.74, 6) is 0.360. The summed E-state index contributed by atoms with van der Waals surface area (Å²) in [6, 6.07) is 6.42. The molecule has 2 aromatic rings. The quantitative estimate of drug-likeness (QED) is 0.481. The number of halogens is 3. The van der Waals surface area contributed by atoms with Gasteiger partial charge in [-0.05, 0) is 44.5 Å². The number of nitrogens with zero attached hydrogens (tertiary/aromatic N) is 7. The van der Waals surface area contributed by atoms with Crippen molar-refractivity contribution in [3.8, 4) is 12.1 Å². The number of hydrogen-bond acceptors (Lipinski definition) is 9. The van der Waals surface area contributed by atoms with Crippen LogP contribution in [0.4, 0.5) is 24.7 Å². The number of carbonyl (C=O) groups excluding carboxylic acids is 1. The van der Waals surface area contributed by atoms with Gasteiger partial charge >= 0.3 is 12.2 Å². The molecule has 1 aromatic carbocycles. The predicted molar refractivity (Wildman–Crippen MR) is 154 cm³/mol. The molecule has 3 aliphatic heterocycles. The number of carbonyl (C=O) groups is 1. The summed E-state index contributed by atoms with van der Waals surface area (Å²) in [5, 5.41) is 19.5. The van der Waals surface area contributed by atoms with E-state index in [9.17, 15) is 28.3 Å². The van der Waals surface area contributed by atoms with E-state index in [0.717, 1.165) is 5.56 Å². The number of β-amino-alcohol motifs (C(OH)–C–C–N with tert-alkyl or cyclic N) is 1. The second-order valence-electron chi connectivity index (χ2n) is 11.4. The molecule has 1 N–H and O–H groups in total. The third-order valence-electron chi connectivity index (χ3n) is 8.54. The number of likely N-dealkylation sites (tertiary alicyclic amines) is 1. The number of likely N-dealkylation sites (N-methyl/N-ethyl adjacent to an activating group) is 1. The van der Waals surface area contributed by atoms with Gasteiger partial charge in [0.1, 0.15) is 12.4 Å². The lowest BCUT2D eigenvalue weighted by molar-refractivity contribution is -0.137. The lowest BCUT2D eigenvalue weighted by atomic mass is 10.00. The van der Waals surface area contributed by atoms with Crippen molar-refractivity contribution in [1.29, 1.82) is 5.26 Å². The van der Waals surface area contributed by atoms with Crippen LogP contribution in [0.1, 0.15) is 35.2 Å². The normalized spacial score (nSPS) is 22.7. The smallest absolute Gasteiger partial charge is 0.418 e. The molecule has 1 aromatic heterocycles. The van der Waals surface area contributed by atoms with Gasteiger partial charge in [0.2, 0.25) is 5.91 Å². The monoisotopic (exact) mass is 599 g/mol. The van der Waals surface area contributed by atoms with Gasteiger partial charge in [0, 0.05) is 50.0 Å². The number of aliphatic hydroxyl groups excluding tert-OH is 1. The average Bonchev–Trinajstić information content (AvgIpc) is 3.30. The summed E-state index contributed by atoms with van der Waals surface area (Å²) < 4.78 is 48.3. The number of rotatable bonds is 7. The number of aromatic nitrogens is 2. The first-order valence-electron chi connectivity index (χ1n) is 14.4. The molecule has 230 valence electrons. The molecule has 43 heavy (non-hydrogen) atoms. The molecule has 2 fully saturated rings. The van der Waals surface area contributed by atoms with Crippen molar-refractivity contribution in [2.45, 2.75) is 57.1 Å². The summed E-state index contributed by atoms with van der Waals surface area (Å²) >= 11 is 0. The molecule has 4 heterocycles. The summed E-state index contributed by atoms with van der Waals surface area (Å²) in [7, 11) is 1.90. The summed E-state index contributed by atoms with van der Waals surface area (Å²) in [5.41, 5.74) is 0.989. The van der Waals surface area contributed by atoms with Crippen molar-refractivity contribution in [2.75, 3.05) is 56.2 Å². The van der Waals surface area contributed by atoms with Gasteiger partial charge in [0.15, 0.2) is 0 Å². The fourth-order valence-electron chi connectivity index (χ4n) is 6.36. The summed E-state index contributed by atoms with van der Waals surface area (Å²) in [6.45, 7) is 7.44. The van der Waals surface area contributed by atoms with Gasteiger partial charge in [-0.15, -0.1) is 0 Å². The maximum absolute atomic E-state index is 14.1. The third kappa shape index (κ3) is 6.40. The highest BCUT2D eigenvalue weighted by atomic mass is 19.4. The fourth-order valence-corrected chi connectivity index (χ4v) is 6.36. The Balaban J connectivity index is 1.49. The first-order chi connectivity index (χ1) is 20.5. The first-order valence-corrected chi connectivity index (χ1v) is 14.4. The van der Waals surface area contributed by atoms with Gasteiger partial charge in [0.25, 0.3) is 0 Å². The van der Waals surface area contributed by atoms with Gasteiger partial charge in [-0.1, -0.05) is 18.7 Å². The highest BCUT2D eigenvalue weighted by molar-refractivity contribution is 5.87. The number of nitriles is 1. The fraction of sp³-hybridized carbons (Fsp3) is 0.533. The Kier molecular flexibility index (Phi) is 8.80. The number of ether oxygens (including phenoxy) is 1. The Morgan fingerprint density at radius 3 is 2.67 bits per heavy atom. The lowest BCUT2D eigenvalue weighted by Crippen LogP contribution is -2.55. The lowest BCUT2D eigenvalue weighted by Gasteiger charge is -2.42. The highest BCUT2D eigenvalue weighted by Crippen LogP contribution is 2.41. The molecule has 0 bridgehead atoms. The predicted octanol–water partition coefficient (Wildman–Crippen LogP) is 2.93. The molecular formula is C30H36F3N7O3. The van der Waals surface area contributed by atoms with Crippen molar-refractivity contribution in [2.24, 2.45) is 0 Å². The van der Waals surface area contributed by atoms with Gasteiger partial charge in [-0.25, -0.2) is 0 Å². The minimum Gasteiger partial charge on any atom is -0.462 e. The number of alkyl halides is 3. The average molecular weight is 600 g/mol. The Hall–Kier alpha value is -3.89. The Morgan fingerprint density at radius 1 is 1.21 bits per heavy atom. The highest BCUT2D eigenvalue weighted by Gasteiger charge is 2.38. The molecular weight excluding hydrogens is 563 g/mol. The standard InChI is InChI=1S/C30H36F3N7O3/c1-4-26(42)40-13-12-39(15-20(40)8-10-34)28-23-9-11-38(25-7-5-6-19(2)27(25)30(31,32)33)17-24(23)35-29(36-28)43-18-21-14-22(41)16-37(21)3/h4-7,20-22,41H,1,8-9,11-18H2,2-3H3/t20?,21-,22-/m1/s1. The van der Waals surface area contributed by atoms with Gasteiger partial charge in [-0.3, -0.25) is 9.69 Å². The first kappa shape index (κ1) is 30.6. The zero-order valence-electron chi connectivity index (χ0n) is 24.3. The maximum Gasteiger partial charge on any atom is 0.418 e. The SMILES string of the molecule is C=CC(=O)N1CCN(c2nc(OC[C@H]3C[C@@H](O)CN3C)nc3c2CCN(c2cccc(C)c2C(F)(F)F)C3)CC1CC#N. The van der Waals surface area contributed by atoms with Crippen LogP contribution in [0.5, 0.6) is 6.01 Å². The van der Waals surface area contributed by atoms with E-state index < -0.39 is 17.8 Å². The largest absolute Gasteiger partial charge is 0.462 e. The number of hydrogen-bond donors (Lipinski definition) is 1. The van der Waals surface area contributed by atoms with E-state index >= 15 is 0 Å². The summed E-state index contributed by atoms with van der Waals surface area (Å²) in [6.07, 6.45) is -2.64. The van der Waals surface area contributed by atoms with Crippen LogP contribution in [0, 0.1) is 18.3 Å². The minimum atomic E-state index is -4.51. The van der Waals surface area contributed by atoms with Crippen LogP contribution >= 0.6 is 0 Å². The molecule has 1 unspecified atom stereocenters. The van der Waals surface area contributed by atoms with Crippen LogP contribution in [0.25, 0.3) is 0 Å². The number of aliphatic hydroxyl groups is 1. The number of piperazine rings is 1. The van der Waals surface area contributed by atoms with E-state index in [1.165, 1.54) is 25.1 Å². The van der Waals surface area contributed by atoms with Crippen molar-refractivity contribution in [1.82, 2.24) is 19.8 Å². The number of anilines is 2. The minimum absolute atomic E-state index is 0.0373. The zero-order chi connectivity index (χ0) is 30.9. The maximum atomic E-state index is 14.1. The van der Waals surface area contributed by atoms with Crippen LogP contribution in [0.15, 0.2) is 30.9 Å². The van der Waals surface area contributed by atoms with Crippen LogP contribution in [0.2, 0.25) is 0 Å². The van der Waals surface area contributed by atoms with E-state index in [0.29, 0.717) is 57.1 Å². The number of aryl methyl sites for hydroxylation is 1. The molecule has 0 saturated carbocycles. The molecule has 2 saturated heterocycles. The van der Waals surface area contributed by atoms with Gasteiger partial charge < -0.3 is 24.5 Å².